The Balaban J connectivity index is 1.65. The van der Waals surface area contributed by atoms with Crippen molar-refractivity contribution in [2.75, 3.05) is 5.32 Å². The molecule has 3 aromatic rings. The lowest BCUT2D eigenvalue weighted by molar-refractivity contribution is 0.102. The first-order valence-corrected chi connectivity index (χ1v) is 7.73. The number of amides is 1. The third-order valence-corrected chi connectivity index (χ3v) is 4.09. The van der Waals surface area contributed by atoms with E-state index in [0.29, 0.717) is 22.8 Å². The van der Waals surface area contributed by atoms with Crippen LogP contribution in [0.1, 0.15) is 32.2 Å². The van der Waals surface area contributed by atoms with Gasteiger partial charge in [0.1, 0.15) is 0 Å². The van der Waals surface area contributed by atoms with Gasteiger partial charge in [-0.05, 0) is 30.7 Å². The summed E-state index contributed by atoms with van der Waals surface area (Å²) in [6, 6.07) is 11.2. The van der Waals surface area contributed by atoms with E-state index in [-0.39, 0.29) is 5.91 Å². The number of aromatic amines is 1. The van der Waals surface area contributed by atoms with Crippen LogP contribution in [0.5, 0.6) is 0 Å². The molecule has 0 unspecified atom stereocenters. The normalized spacial score (nSPS) is 10.3. The highest BCUT2D eigenvalue weighted by atomic mass is 32.1. The molecule has 0 aliphatic carbocycles. The quantitative estimate of drug-likeness (QED) is 0.772. The van der Waals surface area contributed by atoms with Crippen molar-refractivity contribution < 1.29 is 4.79 Å². The molecule has 1 amide bonds. The van der Waals surface area contributed by atoms with Crippen LogP contribution in [0.4, 0.5) is 5.13 Å². The zero-order chi connectivity index (χ0) is 16.2. The Hall–Kier alpha value is -2.98. The van der Waals surface area contributed by atoms with Gasteiger partial charge in [0.15, 0.2) is 10.8 Å². The molecule has 114 valence electrons. The Kier molecular flexibility index (Phi) is 4.17. The van der Waals surface area contributed by atoms with Crippen molar-refractivity contribution in [2.45, 2.75) is 13.3 Å². The molecule has 0 spiro atoms. The molecule has 0 fully saturated rings. The second kappa shape index (κ2) is 6.42. The number of rotatable bonds is 4. The Bertz CT molecular complexity index is 873. The van der Waals surface area contributed by atoms with Gasteiger partial charge in [0.25, 0.3) is 5.91 Å². The topological polar surface area (TPSA) is 94.5 Å². The zero-order valence-corrected chi connectivity index (χ0v) is 13.1. The number of thiazole rings is 1. The summed E-state index contributed by atoms with van der Waals surface area (Å²) in [6.07, 6.45) is 2.45. The standard InChI is InChI=1S/C16H13N5OS/c1-10-6-14(21-20-10)15(22)19-16-18-9-13(23-16)7-11-2-4-12(8-17)5-3-11/h2-6,9H,7H2,1H3,(H,20,21)(H,18,19,22). The first kappa shape index (κ1) is 14.9. The molecule has 2 heterocycles. The molecule has 2 N–H and O–H groups in total. The van der Waals surface area contributed by atoms with Gasteiger partial charge >= 0.3 is 0 Å². The lowest BCUT2D eigenvalue weighted by Gasteiger charge is -1.98. The minimum atomic E-state index is -0.284. The van der Waals surface area contributed by atoms with Crippen molar-refractivity contribution in [1.82, 2.24) is 15.2 Å². The molecule has 0 aliphatic heterocycles. The molecule has 7 heteroatoms. The highest BCUT2D eigenvalue weighted by Crippen LogP contribution is 2.21. The summed E-state index contributed by atoms with van der Waals surface area (Å²) in [5, 5.41) is 18.7. The molecular formula is C16H13N5OS. The van der Waals surface area contributed by atoms with E-state index in [0.717, 1.165) is 16.1 Å². The van der Waals surface area contributed by atoms with Crippen molar-refractivity contribution in [3.05, 3.63) is 63.9 Å². The smallest absolute Gasteiger partial charge is 0.277 e. The van der Waals surface area contributed by atoms with E-state index in [4.69, 9.17) is 5.26 Å². The van der Waals surface area contributed by atoms with Crippen LogP contribution >= 0.6 is 11.3 Å². The molecule has 0 radical (unpaired) electrons. The number of aryl methyl sites for hydroxylation is 1. The average molecular weight is 323 g/mol. The summed E-state index contributed by atoms with van der Waals surface area (Å²) >= 11 is 1.42. The summed E-state index contributed by atoms with van der Waals surface area (Å²) in [5.74, 6) is -0.284. The molecule has 6 nitrogen and oxygen atoms in total. The molecule has 3 rings (SSSR count). The van der Waals surface area contributed by atoms with Crippen LogP contribution in [0.25, 0.3) is 0 Å². The van der Waals surface area contributed by atoms with Crippen molar-refractivity contribution in [2.24, 2.45) is 0 Å². The molecule has 23 heavy (non-hydrogen) atoms. The summed E-state index contributed by atoms with van der Waals surface area (Å²) in [4.78, 5) is 17.3. The van der Waals surface area contributed by atoms with Gasteiger partial charge in [-0.2, -0.15) is 10.4 Å². The second-order valence-electron chi connectivity index (χ2n) is 5.01. The number of anilines is 1. The van der Waals surface area contributed by atoms with Crippen molar-refractivity contribution in [3.63, 3.8) is 0 Å². The summed E-state index contributed by atoms with van der Waals surface area (Å²) < 4.78 is 0. The molecule has 0 aliphatic rings. The van der Waals surface area contributed by atoms with Crippen LogP contribution in [0.3, 0.4) is 0 Å². The fourth-order valence-corrected chi connectivity index (χ4v) is 2.88. The maximum atomic E-state index is 12.0. The number of carbonyl (C=O) groups excluding carboxylic acids is 1. The number of nitrogens with zero attached hydrogens (tertiary/aromatic N) is 3. The Morgan fingerprint density at radius 2 is 2.17 bits per heavy atom. The van der Waals surface area contributed by atoms with E-state index in [9.17, 15) is 4.79 Å². The minimum absolute atomic E-state index is 0.284. The van der Waals surface area contributed by atoms with Gasteiger partial charge in [-0.3, -0.25) is 15.2 Å². The Morgan fingerprint density at radius 1 is 1.39 bits per heavy atom. The number of aromatic nitrogens is 3. The number of carbonyl (C=O) groups is 1. The molecule has 0 saturated heterocycles. The average Bonchev–Trinajstić information content (AvgIpc) is 3.17. The van der Waals surface area contributed by atoms with Gasteiger partial charge in [0.05, 0.1) is 11.6 Å². The Labute approximate surface area is 136 Å². The van der Waals surface area contributed by atoms with Gasteiger partial charge in [0, 0.05) is 23.2 Å². The van der Waals surface area contributed by atoms with Crippen LogP contribution in [-0.4, -0.2) is 21.1 Å². The number of benzene rings is 1. The van der Waals surface area contributed by atoms with Crippen LogP contribution in [0, 0.1) is 18.3 Å². The van der Waals surface area contributed by atoms with E-state index in [1.807, 2.05) is 19.1 Å². The predicted octanol–water partition coefficient (Wildman–Crippen LogP) is 2.89. The fraction of sp³-hybridized carbons (Fsp3) is 0.125. The lowest BCUT2D eigenvalue weighted by atomic mass is 10.1. The van der Waals surface area contributed by atoms with Gasteiger partial charge in [-0.15, -0.1) is 11.3 Å². The van der Waals surface area contributed by atoms with Crippen molar-refractivity contribution in [3.8, 4) is 6.07 Å². The van der Waals surface area contributed by atoms with E-state index >= 15 is 0 Å². The first-order chi connectivity index (χ1) is 11.1. The zero-order valence-electron chi connectivity index (χ0n) is 12.3. The van der Waals surface area contributed by atoms with Crippen LogP contribution in [0.15, 0.2) is 36.5 Å². The lowest BCUT2D eigenvalue weighted by Crippen LogP contribution is -2.11. The summed E-state index contributed by atoms with van der Waals surface area (Å²) in [7, 11) is 0. The SMILES string of the molecule is Cc1cc(C(=O)Nc2ncc(Cc3ccc(C#N)cc3)s2)n[nH]1. The molecular weight excluding hydrogens is 310 g/mol. The van der Waals surface area contributed by atoms with E-state index in [2.05, 4.69) is 26.6 Å². The number of hydrogen-bond donors (Lipinski definition) is 2. The van der Waals surface area contributed by atoms with Crippen LogP contribution in [-0.2, 0) is 6.42 Å². The predicted molar refractivity (Wildman–Crippen MR) is 87.4 cm³/mol. The summed E-state index contributed by atoms with van der Waals surface area (Å²) in [6.45, 7) is 1.84. The molecule has 1 aromatic carbocycles. The second-order valence-corrected chi connectivity index (χ2v) is 6.12. The number of nitriles is 1. The van der Waals surface area contributed by atoms with Gasteiger partial charge in [-0.1, -0.05) is 12.1 Å². The van der Waals surface area contributed by atoms with E-state index in [1.54, 1.807) is 24.4 Å². The largest absolute Gasteiger partial charge is 0.296 e. The van der Waals surface area contributed by atoms with Gasteiger partial charge in [0.2, 0.25) is 0 Å². The summed E-state index contributed by atoms with van der Waals surface area (Å²) in [5.41, 5.74) is 2.90. The van der Waals surface area contributed by atoms with Crippen molar-refractivity contribution in [1.29, 1.82) is 5.26 Å². The number of H-pyrrole nitrogens is 1. The maximum Gasteiger partial charge on any atom is 0.277 e. The van der Waals surface area contributed by atoms with Gasteiger partial charge in [-0.25, -0.2) is 4.98 Å². The fourth-order valence-electron chi connectivity index (χ4n) is 2.04. The minimum Gasteiger partial charge on any atom is -0.296 e. The molecule has 2 aromatic heterocycles. The Morgan fingerprint density at radius 3 is 2.83 bits per heavy atom. The van der Waals surface area contributed by atoms with E-state index < -0.39 is 0 Å². The monoisotopic (exact) mass is 323 g/mol. The van der Waals surface area contributed by atoms with E-state index in [1.165, 1.54) is 11.3 Å². The maximum absolute atomic E-state index is 12.0. The van der Waals surface area contributed by atoms with Crippen LogP contribution in [0.2, 0.25) is 0 Å². The first-order valence-electron chi connectivity index (χ1n) is 6.91. The van der Waals surface area contributed by atoms with Crippen LogP contribution < -0.4 is 5.32 Å². The third kappa shape index (κ3) is 3.62. The van der Waals surface area contributed by atoms with Crippen molar-refractivity contribution >= 4 is 22.4 Å². The number of nitrogens with one attached hydrogen (secondary N) is 2. The third-order valence-electron chi connectivity index (χ3n) is 3.17. The molecule has 0 bridgehead atoms. The van der Waals surface area contributed by atoms with Gasteiger partial charge < -0.3 is 0 Å². The highest BCUT2D eigenvalue weighted by Gasteiger charge is 2.12. The highest BCUT2D eigenvalue weighted by molar-refractivity contribution is 7.15. The molecule has 0 atom stereocenters. The molecule has 0 saturated carbocycles. The number of hydrogen-bond acceptors (Lipinski definition) is 5.